The van der Waals surface area contributed by atoms with Gasteiger partial charge in [0.15, 0.2) is 0 Å². The Morgan fingerprint density at radius 3 is 2.81 bits per heavy atom. The van der Waals surface area contributed by atoms with Crippen LogP contribution in [0.25, 0.3) is 0 Å². The quantitative estimate of drug-likeness (QED) is 0.843. The minimum Gasteiger partial charge on any atom is -0.397 e. The van der Waals surface area contributed by atoms with Gasteiger partial charge >= 0.3 is 0 Å². The van der Waals surface area contributed by atoms with E-state index >= 15 is 0 Å². The fourth-order valence-electron chi connectivity index (χ4n) is 2.13. The first-order valence-electron chi connectivity index (χ1n) is 5.86. The van der Waals surface area contributed by atoms with Crippen molar-refractivity contribution in [2.24, 2.45) is 0 Å². The molecule has 1 saturated heterocycles. The number of ether oxygens (including phenoxy) is 1. The Bertz CT molecular complexity index is 335. The first-order valence-corrected chi connectivity index (χ1v) is 5.86. The van der Waals surface area contributed by atoms with Crippen LogP contribution in [0, 0.1) is 0 Å². The van der Waals surface area contributed by atoms with Crippen LogP contribution in [0.2, 0.25) is 0 Å². The van der Waals surface area contributed by atoms with Gasteiger partial charge in [-0.1, -0.05) is 0 Å². The second-order valence-electron chi connectivity index (χ2n) is 4.12. The van der Waals surface area contributed by atoms with E-state index in [1.807, 2.05) is 19.2 Å². The van der Waals surface area contributed by atoms with E-state index in [0.717, 1.165) is 43.9 Å². The number of nitrogens with two attached hydrogens (primary N) is 1. The van der Waals surface area contributed by atoms with Gasteiger partial charge in [-0.05, 0) is 25.8 Å². The van der Waals surface area contributed by atoms with Crippen LogP contribution in [0.4, 0.5) is 11.4 Å². The first kappa shape index (κ1) is 11.2. The molecule has 0 saturated carbocycles. The molecule has 16 heavy (non-hydrogen) atoms. The van der Waals surface area contributed by atoms with E-state index in [1.165, 1.54) is 0 Å². The zero-order chi connectivity index (χ0) is 11.4. The number of hydrogen-bond donors (Lipinski definition) is 1. The summed E-state index contributed by atoms with van der Waals surface area (Å²) >= 11 is 0. The summed E-state index contributed by atoms with van der Waals surface area (Å²) in [6, 6.07) is 1.98. The predicted octanol–water partition coefficient (Wildman–Crippen LogP) is 1.67. The molecule has 1 fully saturated rings. The highest BCUT2D eigenvalue weighted by Gasteiger charge is 2.19. The van der Waals surface area contributed by atoms with Gasteiger partial charge in [-0.25, -0.2) is 0 Å². The molecule has 1 aliphatic heterocycles. The van der Waals surface area contributed by atoms with Crippen LogP contribution in [0.3, 0.4) is 0 Å². The second-order valence-corrected chi connectivity index (χ2v) is 4.12. The number of nitrogen functional groups attached to an aromatic ring is 1. The van der Waals surface area contributed by atoms with Crippen molar-refractivity contribution in [2.75, 3.05) is 30.3 Å². The van der Waals surface area contributed by atoms with E-state index in [2.05, 4.69) is 9.88 Å². The second kappa shape index (κ2) is 5.16. The van der Waals surface area contributed by atoms with Gasteiger partial charge in [0.1, 0.15) is 0 Å². The highest BCUT2D eigenvalue weighted by molar-refractivity contribution is 5.53. The molecule has 0 unspecified atom stereocenters. The van der Waals surface area contributed by atoms with E-state index < -0.39 is 0 Å². The molecule has 0 aliphatic carbocycles. The largest absolute Gasteiger partial charge is 0.397 e. The Labute approximate surface area is 96.4 Å². The number of aromatic nitrogens is 1. The van der Waals surface area contributed by atoms with Crippen molar-refractivity contribution in [2.45, 2.75) is 25.9 Å². The highest BCUT2D eigenvalue weighted by atomic mass is 16.5. The maximum Gasteiger partial charge on any atom is 0.0608 e. The number of hydrogen-bond acceptors (Lipinski definition) is 4. The van der Waals surface area contributed by atoms with Gasteiger partial charge in [-0.2, -0.15) is 0 Å². The molecule has 2 heterocycles. The molecule has 4 heteroatoms. The highest BCUT2D eigenvalue weighted by Crippen LogP contribution is 2.21. The van der Waals surface area contributed by atoms with Gasteiger partial charge in [0.05, 0.1) is 23.7 Å². The molecule has 2 rings (SSSR count). The van der Waals surface area contributed by atoms with E-state index in [1.54, 1.807) is 6.20 Å². The van der Waals surface area contributed by atoms with Gasteiger partial charge in [0, 0.05) is 25.9 Å². The van der Waals surface area contributed by atoms with Crippen LogP contribution >= 0.6 is 0 Å². The van der Waals surface area contributed by atoms with E-state index in [0.29, 0.717) is 6.10 Å². The molecule has 4 nitrogen and oxygen atoms in total. The number of rotatable bonds is 3. The standard InChI is InChI=1S/C12H19N3O/c1-2-16-12-3-5-15(6-4-12)11-7-10(13)8-14-9-11/h7-9,12H,2-6,13H2,1H3. The average Bonchev–Trinajstić information content (AvgIpc) is 2.30. The molecular formula is C12H19N3O. The van der Waals surface area contributed by atoms with Crippen LogP contribution < -0.4 is 10.6 Å². The molecule has 1 aliphatic rings. The normalized spacial score (nSPS) is 17.7. The Hall–Kier alpha value is -1.29. The third-order valence-corrected chi connectivity index (χ3v) is 2.95. The van der Waals surface area contributed by atoms with Gasteiger partial charge < -0.3 is 15.4 Å². The monoisotopic (exact) mass is 221 g/mol. The lowest BCUT2D eigenvalue weighted by atomic mass is 10.1. The fraction of sp³-hybridized carbons (Fsp3) is 0.583. The summed E-state index contributed by atoms with van der Waals surface area (Å²) in [6.07, 6.45) is 6.15. The van der Waals surface area contributed by atoms with Crippen molar-refractivity contribution < 1.29 is 4.74 Å². The van der Waals surface area contributed by atoms with Gasteiger partial charge in [-0.3, -0.25) is 4.98 Å². The average molecular weight is 221 g/mol. The maximum atomic E-state index is 5.73. The fourth-order valence-corrected chi connectivity index (χ4v) is 2.13. The number of nitrogens with zero attached hydrogens (tertiary/aromatic N) is 2. The van der Waals surface area contributed by atoms with Crippen LogP contribution in [0.15, 0.2) is 18.5 Å². The predicted molar refractivity (Wildman–Crippen MR) is 65.5 cm³/mol. The van der Waals surface area contributed by atoms with Crippen LogP contribution in [-0.2, 0) is 4.74 Å². The van der Waals surface area contributed by atoms with Gasteiger partial charge in [0.2, 0.25) is 0 Å². The van der Waals surface area contributed by atoms with Crippen molar-refractivity contribution in [3.05, 3.63) is 18.5 Å². The minimum atomic E-state index is 0.426. The van der Waals surface area contributed by atoms with Gasteiger partial charge in [0.25, 0.3) is 0 Å². The number of piperidine rings is 1. The summed E-state index contributed by atoms with van der Waals surface area (Å²) in [4.78, 5) is 6.44. The zero-order valence-electron chi connectivity index (χ0n) is 9.72. The third kappa shape index (κ3) is 2.64. The molecule has 0 bridgehead atoms. The lowest BCUT2D eigenvalue weighted by Gasteiger charge is -2.33. The van der Waals surface area contributed by atoms with Crippen LogP contribution in [0.1, 0.15) is 19.8 Å². The minimum absolute atomic E-state index is 0.426. The van der Waals surface area contributed by atoms with Crippen molar-refractivity contribution in [3.8, 4) is 0 Å². The topological polar surface area (TPSA) is 51.4 Å². The lowest BCUT2D eigenvalue weighted by Crippen LogP contribution is -2.37. The number of pyridine rings is 1. The molecule has 0 radical (unpaired) electrons. The Morgan fingerprint density at radius 1 is 1.44 bits per heavy atom. The van der Waals surface area contributed by atoms with Crippen molar-refractivity contribution in [1.82, 2.24) is 4.98 Å². The smallest absolute Gasteiger partial charge is 0.0608 e. The van der Waals surface area contributed by atoms with E-state index in [4.69, 9.17) is 10.5 Å². The van der Waals surface area contributed by atoms with Crippen molar-refractivity contribution in [3.63, 3.8) is 0 Å². The van der Waals surface area contributed by atoms with Crippen LogP contribution in [-0.4, -0.2) is 30.8 Å². The Morgan fingerprint density at radius 2 is 2.19 bits per heavy atom. The molecule has 1 aromatic heterocycles. The lowest BCUT2D eigenvalue weighted by molar-refractivity contribution is 0.0459. The zero-order valence-corrected chi connectivity index (χ0v) is 9.72. The van der Waals surface area contributed by atoms with Crippen molar-refractivity contribution in [1.29, 1.82) is 0 Å². The molecule has 0 spiro atoms. The Balaban J connectivity index is 1.94. The molecular weight excluding hydrogens is 202 g/mol. The Kier molecular flexibility index (Phi) is 3.62. The summed E-state index contributed by atoms with van der Waals surface area (Å²) in [5, 5.41) is 0. The van der Waals surface area contributed by atoms with Crippen molar-refractivity contribution >= 4 is 11.4 Å². The molecule has 2 N–H and O–H groups in total. The SMILES string of the molecule is CCOC1CCN(c2cncc(N)c2)CC1. The first-order chi connectivity index (χ1) is 7.79. The van der Waals surface area contributed by atoms with Gasteiger partial charge in [-0.15, -0.1) is 0 Å². The summed E-state index contributed by atoms with van der Waals surface area (Å²) in [5.41, 5.74) is 7.57. The summed E-state index contributed by atoms with van der Waals surface area (Å²) < 4.78 is 5.62. The molecule has 1 aromatic rings. The molecule has 0 atom stereocenters. The van der Waals surface area contributed by atoms with Crippen LogP contribution in [0.5, 0.6) is 0 Å². The summed E-state index contributed by atoms with van der Waals surface area (Å²) in [7, 11) is 0. The third-order valence-electron chi connectivity index (χ3n) is 2.95. The molecule has 0 aromatic carbocycles. The van der Waals surface area contributed by atoms with E-state index in [-0.39, 0.29) is 0 Å². The molecule has 0 amide bonds. The molecule has 88 valence electrons. The maximum absolute atomic E-state index is 5.73. The number of anilines is 2. The summed E-state index contributed by atoms with van der Waals surface area (Å²) in [6.45, 7) is 4.91. The van der Waals surface area contributed by atoms with E-state index in [9.17, 15) is 0 Å². The summed E-state index contributed by atoms with van der Waals surface area (Å²) in [5.74, 6) is 0.